The van der Waals surface area contributed by atoms with E-state index in [0.717, 1.165) is 66.6 Å². The highest BCUT2D eigenvalue weighted by atomic mass is 16.5. The van der Waals surface area contributed by atoms with Crippen LogP contribution in [0, 0.1) is 6.92 Å². The molecule has 0 saturated carbocycles. The largest absolute Gasteiger partial charge is 0.384 e. The number of nitrogens with zero attached hydrogens (tertiary/aromatic N) is 5. The van der Waals surface area contributed by atoms with Gasteiger partial charge in [-0.25, -0.2) is 19.9 Å². The number of hydrogen-bond donors (Lipinski definition) is 1. The van der Waals surface area contributed by atoms with Crippen LogP contribution in [0.25, 0.3) is 0 Å². The number of ether oxygens (including phenoxy) is 1. The molecule has 1 aliphatic heterocycles. The van der Waals surface area contributed by atoms with Gasteiger partial charge >= 0.3 is 0 Å². The van der Waals surface area contributed by atoms with Gasteiger partial charge in [0.05, 0.1) is 18.3 Å². The van der Waals surface area contributed by atoms with Crippen LogP contribution < -0.4 is 5.32 Å². The van der Waals surface area contributed by atoms with Crippen molar-refractivity contribution in [2.75, 3.05) is 25.6 Å². The second-order valence-corrected chi connectivity index (χ2v) is 7.62. The number of rotatable bonds is 8. The summed E-state index contributed by atoms with van der Waals surface area (Å²) in [5, 5.41) is 3.35. The Labute approximate surface area is 177 Å². The van der Waals surface area contributed by atoms with Gasteiger partial charge in [0.2, 0.25) is 0 Å². The highest BCUT2D eigenvalue weighted by Gasteiger charge is 2.27. The van der Waals surface area contributed by atoms with Crippen LogP contribution >= 0.6 is 0 Å². The molecule has 7 heteroatoms. The lowest BCUT2D eigenvalue weighted by Gasteiger charge is -2.24. The highest BCUT2D eigenvalue weighted by molar-refractivity contribution is 5.55. The van der Waals surface area contributed by atoms with Gasteiger partial charge in [-0.1, -0.05) is 12.1 Å². The summed E-state index contributed by atoms with van der Waals surface area (Å²) in [5.74, 6) is 2.49. The number of hydrogen-bond acceptors (Lipinski definition) is 7. The first kappa shape index (κ1) is 20.4. The molecule has 1 aliphatic rings. The summed E-state index contributed by atoms with van der Waals surface area (Å²) in [5.41, 5.74) is 3.31. The summed E-state index contributed by atoms with van der Waals surface area (Å²) in [7, 11) is 1.69. The molecule has 30 heavy (non-hydrogen) atoms. The maximum Gasteiger partial charge on any atom is 0.134 e. The summed E-state index contributed by atoms with van der Waals surface area (Å²) in [4.78, 5) is 20.7. The zero-order valence-corrected chi connectivity index (χ0v) is 17.6. The van der Waals surface area contributed by atoms with Crippen molar-refractivity contribution in [1.29, 1.82) is 0 Å². The van der Waals surface area contributed by atoms with E-state index in [9.17, 15) is 0 Å². The van der Waals surface area contributed by atoms with E-state index in [1.165, 1.54) is 0 Å². The van der Waals surface area contributed by atoms with Gasteiger partial charge in [0.25, 0.3) is 0 Å². The Morgan fingerprint density at radius 3 is 2.80 bits per heavy atom. The fraction of sp³-hybridized carbons (Fsp3) is 0.391. The Morgan fingerprint density at radius 2 is 2.00 bits per heavy atom. The standard InChI is InChI=1S/C23H28N6O/c1-17-6-4-11-24-23(17)28-22-9-3-7-19(27-22)20-8-5-12-29(20)16-18-14-25-21(26-15-18)10-13-30-2/h3-4,6-7,9,11,14-15,20H,5,8,10,12-13,16H2,1-2H3,(H,24,27,28)/t20-/m1/s1. The van der Waals surface area contributed by atoms with Crippen LogP contribution in [0.1, 0.15) is 41.5 Å². The average molecular weight is 405 g/mol. The van der Waals surface area contributed by atoms with Gasteiger partial charge in [0.15, 0.2) is 0 Å². The van der Waals surface area contributed by atoms with Crippen molar-refractivity contribution in [2.24, 2.45) is 0 Å². The van der Waals surface area contributed by atoms with E-state index < -0.39 is 0 Å². The molecule has 4 rings (SSSR count). The van der Waals surface area contributed by atoms with Crippen molar-refractivity contribution >= 4 is 11.6 Å². The lowest BCUT2D eigenvalue weighted by molar-refractivity contribution is 0.200. The van der Waals surface area contributed by atoms with Gasteiger partial charge in [0, 0.05) is 44.2 Å². The molecule has 156 valence electrons. The number of likely N-dealkylation sites (tertiary alicyclic amines) is 1. The summed E-state index contributed by atoms with van der Waals surface area (Å²) in [6, 6.07) is 10.4. The van der Waals surface area contributed by atoms with Gasteiger partial charge < -0.3 is 10.1 Å². The van der Waals surface area contributed by atoms with E-state index in [1.54, 1.807) is 13.3 Å². The first-order chi connectivity index (χ1) is 14.7. The molecule has 3 aromatic heterocycles. The SMILES string of the molecule is COCCc1ncc(CN2CCC[C@@H]2c2cccc(Nc3ncccc3C)n2)cn1. The van der Waals surface area contributed by atoms with Crippen LogP contribution in [0.2, 0.25) is 0 Å². The molecule has 0 amide bonds. The first-order valence-electron chi connectivity index (χ1n) is 10.4. The Morgan fingerprint density at radius 1 is 1.13 bits per heavy atom. The number of pyridine rings is 2. The zero-order chi connectivity index (χ0) is 20.8. The average Bonchev–Trinajstić information content (AvgIpc) is 3.23. The molecule has 1 saturated heterocycles. The molecular weight excluding hydrogens is 376 g/mol. The van der Waals surface area contributed by atoms with Crippen LogP contribution in [-0.2, 0) is 17.7 Å². The van der Waals surface area contributed by atoms with E-state index in [1.807, 2.05) is 37.5 Å². The third kappa shape index (κ3) is 4.98. The molecule has 1 fully saturated rings. The third-order valence-electron chi connectivity index (χ3n) is 5.41. The summed E-state index contributed by atoms with van der Waals surface area (Å²) in [6.45, 7) is 4.56. The monoisotopic (exact) mass is 404 g/mol. The van der Waals surface area contributed by atoms with Crippen LogP contribution in [0.5, 0.6) is 0 Å². The number of nitrogens with one attached hydrogen (secondary N) is 1. The maximum absolute atomic E-state index is 5.10. The van der Waals surface area contributed by atoms with Crippen molar-refractivity contribution in [3.8, 4) is 0 Å². The molecule has 0 unspecified atom stereocenters. The topological polar surface area (TPSA) is 76.1 Å². The minimum Gasteiger partial charge on any atom is -0.384 e. The van der Waals surface area contributed by atoms with Crippen molar-refractivity contribution in [3.63, 3.8) is 0 Å². The quantitative estimate of drug-likeness (QED) is 0.611. The number of aromatic nitrogens is 4. The Bertz CT molecular complexity index is 962. The lowest BCUT2D eigenvalue weighted by Crippen LogP contribution is -2.24. The molecule has 3 aromatic rings. The molecular formula is C23H28N6O. The second kappa shape index (κ2) is 9.73. The van der Waals surface area contributed by atoms with Gasteiger partial charge in [-0.15, -0.1) is 0 Å². The second-order valence-electron chi connectivity index (χ2n) is 7.62. The molecule has 1 N–H and O–H groups in total. The van der Waals surface area contributed by atoms with E-state index >= 15 is 0 Å². The molecule has 0 bridgehead atoms. The number of aryl methyl sites for hydroxylation is 1. The predicted molar refractivity (Wildman–Crippen MR) is 116 cm³/mol. The molecule has 0 radical (unpaired) electrons. The predicted octanol–water partition coefficient (Wildman–Crippen LogP) is 3.84. The van der Waals surface area contributed by atoms with Crippen molar-refractivity contribution in [1.82, 2.24) is 24.8 Å². The Kier molecular flexibility index (Phi) is 6.61. The lowest BCUT2D eigenvalue weighted by atomic mass is 10.1. The first-order valence-corrected chi connectivity index (χ1v) is 10.4. The van der Waals surface area contributed by atoms with Crippen molar-refractivity contribution in [2.45, 2.75) is 38.8 Å². The number of methoxy groups -OCH3 is 1. The fourth-order valence-electron chi connectivity index (χ4n) is 3.81. The highest BCUT2D eigenvalue weighted by Crippen LogP contribution is 2.32. The third-order valence-corrected chi connectivity index (χ3v) is 5.41. The van der Waals surface area contributed by atoms with Gasteiger partial charge in [-0.05, 0) is 50.1 Å². The van der Waals surface area contributed by atoms with E-state index in [2.05, 4.69) is 37.3 Å². The van der Waals surface area contributed by atoms with Crippen LogP contribution in [0.4, 0.5) is 11.6 Å². The molecule has 4 heterocycles. The molecule has 0 spiro atoms. The molecule has 0 aliphatic carbocycles. The fourth-order valence-corrected chi connectivity index (χ4v) is 3.81. The van der Waals surface area contributed by atoms with Gasteiger partial charge in [0.1, 0.15) is 17.5 Å². The van der Waals surface area contributed by atoms with Crippen molar-refractivity contribution in [3.05, 3.63) is 71.6 Å². The smallest absolute Gasteiger partial charge is 0.134 e. The Hall–Kier alpha value is -2.90. The summed E-state index contributed by atoms with van der Waals surface area (Å²) < 4.78 is 5.10. The summed E-state index contributed by atoms with van der Waals surface area (Å²) >= 11 is 0. The molecule has 7 nitrogen and oxygen atoms in total. The van der Waals surface area contributed by atoms with Gasteiger partial charge in [-0.3, -0.25) is 4.90 Å². The van der Waals surface area contributed by atoms with Crippen LogP contribution in [-0.4, -0.2) is 45.1 Å². The van der Waals surface area contributed by atoms with E-state index in [0.29, 0.717) is 12.6 Å². The van der Waals surface area contributed by atoms with Crippen molar-refractivity contribution < 1.29 is 4.74 Å². The minimum atomic E-state index is 0.296. The molecule has 0 aromatic carbocycles. The van der Waals surface area contributed by atoms with E-state index in [-0.39, 0.29) is 0 Å². The van der Waals surface area contributed by atoms with Crippen LogP contribution in [0.15, 0.2) is 48.9 Å². The van der Waals surface area contributed by atoms with Gasteiger partial charge in [-0.2, -0.15) is 0 Å². The summed E-state index contributed by atoms with van der Waals surface area (Å²) in [6.07, 6.45) is 8.66. The molecule has 1 atom stereocenters. The normalized spacial score (nSPS) is 16.7. The van der Waals surface area contributed by atoms with Crippen LogP contribution in [0.3, 0.4) is 0 Å². The number of anilines is 2. The Balaban J connectivity index is 1.45. The minimum absolute atomic E-state index is 0.296. The maximum atomic E-state index is 5.10. The van der Waals surface area contributed by atoms with E-state index in [4.69, 9.17) is 9.72 Å². The zero-order valence-electron chi connectivity index (χ0n) is 17.6.